The van der Waals surface area contributed by atoms with Gasteiger partial charge >= 0.3 is 0 Å². The predicted octanol–water partition coefficient (Wildman–Crippen LogP) is -0.00620. The fourth-order valence-corrected chi connectivity index (χ4v) is 3.51. The number of methoxy groups -OCH3 is 1. The van der Waals surface area contributed by atoms with E-state index in [0.29, 0.717) is 5.69 Å². The molecule has 1 amide bonds. The molecule has 1 aliphatic heterocycles. The van der Waals surface area contributed by atoms with E-state index in [1.807, 2.05) is 0 Å². The second kappa shape index (κ2) is 6.11. The molecule has 0 aromatic heterocycles. The first-order valence-corrected chi connectivity index (χ1v) is 8.08. The van der Waals surface area contributed by atoms with Crippen molar-refractivity contribution >= 4 is 21.6 Å². The van der Waals surface area contributed by atoms with Gasteiger partial charge < -0.3 is 20.5 Å². The van der Waals surface area contributed by atoms with Crippen LogP contribution >= 0.6 is 0 Å². The second-order valence-corrected chi connectivity index (χ2v) is 6.91. The number of rotatable bonds is 5. The maximum atomic E-state index is 12.7. The Morgan fingerprint density at radius 2 is 2.18 bits per heavy atom. The number of ether oxygens (including phenoxy) is 2. The summed E-state index contributed by atoms with van der Waals surface area (Å²) in [6, 6.07) is 2.41. The minimum atomic E-state index is -3.80. The van der Waals surface area contributed by atoms with Crippen molar-refractivity contribution in [3.05, 3.63) is 12.1 Å². The molecular weight excluding hydrogens is 310 g/mol. The molecule has 9 heteroatoms. The molecule has 8 nitrogen and oxygen atoms in total. The maximum Gasteiger partial charge on any atom is 0.262 e. The van der Waals surface area contributed by atoms with Gasteiger partial charge in [-0.25, -0.2) is 8.42 Å². The zero-order valence-corrected chi connectivity index (χ0v) is 13.4. The summed E-state index contributed by atoms with van der Waals surface area (Å²) >= 11 is 0. The van der Waals surface area contributed by atoms with Crippen LogP contribution in [0.4, 0.5) is 5.69 Å². The molecule has 0 bridgehead atoms. The Kier molecular flexibility index (Phi) is 4.59. The number of hydrogen-bond acceptors (Lipinski definition) is 6. The van der Waals surface area contributed by atoms with E-state index in [1.54, 1.807) is 6.92 Å². The Bertz CT molecular complexity index is 689. The van der Waals surface area contributed by atoms with Crippen LogP contribution in [0.2, 0.25) is 0 Å². The number of nitrogens with one attached hydrogen (secondary N) is 1. The second-order valence-electron chi connectivity index (χ2n) is 4.94. The number of nitrogens with zero attached hydrogens (tertiary/aromatic N) is 1. The smallest absolute Gasteiger partial charge is 0.262 e. The van der Waals surface area contributed by atoms with Crippen molar-refractivity contribution in [3.63, 3.8) is 0 Å². The molecule has 22 heavy (non-hydrogen) atoms. The van der Waals surface area contributed by atoms with Crippen molar-refractivity contribution < 1.29 is 22.7 Å². The Labute approximate surface area is 129 Å². The fraction of sp³-hybridized carbons (Fsp3) is 0.462. The molecule has 122 valence electrons. The zero-order chi connectivity index (χ0) is 16.5. The van der Waals surface area contributed by atoms with Crippen LogP contribution in [0.15, 0.2) is 17.0 Å². The van der Waals surface area contributed by atoms with E-state index >= 15 is 0 Å². The lowest BCUT2D eigenvalue weighted by Crippen LogP contribution is -2.39. The Balaban J connectivity index is 2.53. The number of hydrogen-bond donors (Lipinski definition) is 2. The highest BCUT2D eigenvalue weighted by atomic mass is 32.2. The third-order valence-corrected chi connectivity index (χ3v) is 5.51. The van der Waals surface area contributed by atoms with Crippen molar-refractivity contribution in [1.82, 2.24) is 4.31 Å². The molecule has 1 unspecified atom stereocenters. The van der Waals surface area contributed by atoms with Crippen LogP contribution in [0.1, 0.15) is 6.92 Å². The highest BCUT2D eigenvalue weighted by molar-refractivity contribution is 7.89. The molecular formula is C13H19N3O5S. The van der Waals surface area contributed by atoms with E-state index in [2.05, 4.69) is 5.32 Å². The number of likely N-dealkylation sites (N-methyl/N-ethyl adjacent to an activating group) is 1. The van der Waals surface area contributed by atoms with E-state index in [1.165, 1.54) is 30.6 Å². The van der Waals surface area contributed by atoms with Crippen LogP contribution in [0.5, 0.6) is 11.5 Å². The quantitative estimate of drug-likeness (QED) is 0.786. The molecule has 0 spiro atoms. The van der Waals surface area contributed by atoms with E-state index in [9.17, 15) is 13.2 Å². The zero-order valence-electron chi connectivity index (χ0n) is 12.6. The standard InChI is InChI=1S/C13H19N3O5S/c1-8(6-14)16(2)22(18,19)12-5-10-9(4-11(12)20-3)15-13(17)7-21-10/h4-5,8H,6-7,14H2,1-3H3,(H,15,17). The normalized spacial score (nSPS) is 15.8. The van der Waals surface area contributed by atoms with Crippen molar-refractivity contribution in [2.75, 3.05) is 32.6 Å². The molecule has 1 aromatic carbocycles. The van der Waals surface area contributed by atoms with Gasteiger partial charge in [-0.3, -0.25) is 4.79 Å². The average molecular weight is 329 g/mol. The van der Waals surface area contributed by atoms with Crippen LogP contribution < -0.4 is 20.5 Å². The van der Waals surface area contributed by atoms with E-state index in [4.69, 9.17) is 15.2 Å². The number of benzene rings is 1. The third kappa shape index (κ3) is 2.87. The molecule has 1 heterocycles. The number of anilines is 1. The molecule has 1 atom stereocenters. The van der Waals surface area contributed by atoms with Gasteiger partial charge in [0.2, 0.25) is 10.0 Å². The lowest BCUT2D eigenvalue weighted by Gasteiger charge is -2.25. The van der Waals surface area contributed by atoms with Crippen LogP contribution in [0.25, 0.3) is 0 Å². The average Bonchev–Trinajstić information content (AvgIpc) is 2.51. The van der Waals surface area contributed by atoms with Gasteiger partial charge in [0.15, 0.2) is 6.61 Å². The summed E-state index contributed by atoms with van der Waals surface area (Å²) in [6.07, 6.45) is 0. The van der Waals surface area contributed by atoms with Gasteiger partial charge in [0.25, 0.3) is 5.91 Å². The predicted molar refractivity (Wildman–Crippen MR) is 80.6 cm³/mol. The molecule has 0 saturated carbocycles. The molecule has 1 aliphatic rings. The summed E-state index contributed by atoms with van der Waals surface area (Å²) in [7, 11) is -0.992. The Morgan fingerprint density at radius 3 is 2.77 bits per heavy atom. The van der Waals surface area contributed by atoms with Gasteiger partial charge in [-0.05, 0) is 6.92 Å². The van der Waals surface area contributed by atoms with Crippen molar-refractivity contribution in [2.24, 2.45) is 5.73 Å². The first-order chi connectivity index (χ1) is 10.3. The lowest BCUT2D eigenvalue weighted by molar-refractivity contribution is -0.118. The van der Waals surface area contributed by atoms with E-state index in [-0.39, 0.29) is 41.5 Å². The molecule has 0 radical (unpaired) electrons. The molecule has 0 aliphatic carbocycles. The number of nitrogens with two attached hydrogens (primary N) is 1. The highest BCUT2D eigenvalue weighted by Gasteiger charge is 2.30. The molecule has 1 aromatic rings. The molecule has 2 rings (SSSR count). The van der Waals surface area contributed by atoms with Gasteiger partial charge in [0.1, 0.15) is 16.4 Å². The summed E-state index contributed by atoms with van der Waals surface area (Å²) in [4.78, 5) is 11.3. The summed E-state index contributed by atoms with van der Waals surface area (Å²) in [5.74, 6) is 0.104. The number of carbonyl (C=O) groups excluding carboxylic acids is 1. The highest BCUT2D eigenvalue weighted by Crippen LogP contribution is 2.38. The minimum Gasteiger partial charge on any atom is -0.495 e. The summed E-state index contributed by atoms with van der Waals surface area (Å²) in [5, 5.41) is 2.60. The molecule has 0 fully saturated rings. The van der Waals surface area contributed by atoms with Crippen molar-refractivity contribution in [3.8, 4) is 11.5 Å². The molecule has 3 N–H and O–H groups in total. The number of fused-ring (bicyclic) bond motifs is 1. The lowest BCUT2D eigenvalue weighted by atomic mass is 10.2. The Hall–Kier alpha value is -1.84. The number of amides is 1. The Morgan fingerprint density at radius 1 is 1.50 bits per heavy atom. The fourth-order valence-electron chi connectivity index (χ4n) is 1.99. The van der Waals surface area contributed by atoms with Gasteiger partial charge in [-0.15, -0.1) is 0 Å². The monoisotopic (exact) mass is 329 g/mol. The summed E-state index contributed by atoms with van der Waals surface area (Å²) in [6.45, 7) is 1.74. The van der Waals surface area contributed by atoms with Gasteiger partial charge in [-0.1, -0.05) is 0 Å². The van der Waals surface area contributed by atoms with Crippen LogP contribution in [-0.4, -0.2) is 52.0 Å². The first-order valence-electron chi connectivity index (χ1n) is 6.64. The van der Waals surface area contributed by atoms with E-state index in [0.717, 1.165) is 0 Å². The maximum absolute atomic E-state index is 12.7. The van der Waals surface area contributed by atoms with Crippen molar-refractivity contribution in [1.29, 1.82) is 0 Å². The number of carbonyl (C=O) groups is 1. The summed E-state index contributed by atoms with van der Waals surface area (Å²) in [5.41, 5.74) is 5.91. The SMILES string of the molecule is COc1cc2c(cc1S(=O)(=O)N(C)C(C)CN)OCC(=O)N2. The summed E-state index contributed by atoms with van der Waals surface area (Å²) < 4.78 is 37.0. The largest absolute Gasteiger partial charge is 0.495 e. The minimum absolute atomic E-state index is 0.0345. The third-order valence-electron chi connectivity index (χ3n) is 3.52. The van der Waals surface area contributed by atoms with Crippen molar-refractivity contribution in [2.45, 2.75) is 17.9 Å². The van der Waals surface area contributed by atoms with Gasteiger partial charge in [-0.2, -0.15) is 4.31 Å². The first kappa shape index (κ1) is 16.5. The van der Waals surface area contributed by atoms with Gasteiger partial charge in [0.05, 0.1) is 12.8 Å². The van der Waals surface area contributed by atoms with Crippen LogP contribution in [-0.2, 0) is 14.8 Å². The number of sulfonamides is 1. The topological polar surface area (TPSA) is 111 Å². The van der Waals surface area contributed by atoms with E-state index < -0.39 is 10.0 Å². The van der Waals surface area contributed by atoms with Crippen LogP contribution in [0.3, 0.4) is 0 Å². The van der Waals surface area contributed by atoms with Crippen LogP contribution in [0, 0.1) is 0 Å². The molecule has 0 saturated heterocycles. The van der Waals surface area contributed by atoms with Gasteiger partial charge in [0, 0.05) is 31.8 Å².